The molecule has 1 aliphatic rings. The van der Waals surface area contributed by atoms with Crippen molar-refractivity contribution in [3.63, 3.8) is 0 Å². The van der Waals surface area contributed by atoms with Crippen LogP contribution < -0.4 is 5.56 Å². The largest absolute Gasteiger partial charge is 0.416 e. The molecule has 1 aliphatic heterocycles. The maximum Gasteiger partial charge on any atom is 0.416 e. The molecule has 0 aliphatic carbocycles. The monoisotopic (exact) mass is 430 g/mol. The van der Waals surface area contributed by atoms with Crippen LogP contribution in [0.3, 0.4) is 0 Å². The number of nitrogens with zero attached hydrogens (tertiary/aromatic N) is 3. The fourth-order valence-corrected chi connectivity index (χ4v) is 3.81. The van der Waals surface area contributed by atoms with Gasteiger partial charge in [-0.15, -0.1) is 0 Å². The number of hydrogen-bond donors (Lipinski definition) is 1. The van der Waals surface area contributed by atoms with E-state index in [4.69, 9.17) is 4.98 Å². The van der Waals surface area contributed by atoms with Crippen molar-refractivity contribution >= 4 is 0 Å². The number of H-pyrrole nitrogens is 1. The first kappa shape index (κ1) is 21.4. The number of fused-ring (bicyclic) bond motifs is 1. The summed E-state index contributed by atoms with van der Waals surface area (Å²) in [5.74, 6) is 0.695. The molecule has 2 aromatic heterocycles. The molecule has 3 heterocycles. The van der Waals surface area contributed by atoms with Crippen LogP contribution in [0.4, 0.5) is 13.2 Å². The molecule has 0 fully saturated rings. The van der Waals surface area contributed by atoms with Crippen LogP contribution in [0.1, 0.15) is 49.1 Å². The Balaban J connectivity index is 1.54. The minimum atomic E-state index is -4.35. The molecular weight excluding hydrogens is 405 g/mol. The number of alkyl halides is 3. The van der Waals surface area contributed by atoms with Crippen molar-refractivity contribution in [3.8, 4) is 5.69 Å². The first-order chi connectivity index (χ1) is 14.5. The van der Waals surface area contributed by atoms with Crippen molar-refractivity contribution in [2.24, 2.45) is 0 Å². The minimum Gasteiger partial charge on any atom is -0.320 e. The van der Waals surface area contributed by atoms with Gasteiger partial charge in [-0.1, -0.05) is 20.8 Å². The van der Waals surface area contributed by atoms with Crippen LogP contribution in [-0.4, -0.2) is 26.0 Å². The summed E-state index contributed by atoms with van der Waals surface area (Å²) in [5, 5.41) is 0. The van der Waals surface area contributed by atoms with Gasteiger partial charge in [0, 0.05) is 49.0 Å². The fourth-order valence-electron chi connectivity index (χ4n) is 3.81. The van der Waals surface area contributed by atoms with Crippen molar-refractivity contribution in [1.82, 2.24) is 19.4 Å². The molecule has 0 saturated heterocycles. The topological polar surface area (TPSA) is 53.9 Å². The predicted octanol–water partition coefficient (Wildman–Crippen LogP) is 4.44. The van der Waals surface area contributed by atoms with E-state index in [0.29, 0.717) is 36.6 Å². The molecular formula is C23H25F3N4O. The first-order valence-electron chi connectivity index (χ1n) is 10.2. The Labute approximate surface area is 178 Å². The SMILES string of the molecule is CC(C)(C)c1nc2c(c(=O)[nH]1)CN(Cc1cccn1-c1ccc(C(F)(F)F)cc1)CC2. The van der Waals surface area contributed by atoms with E-state index in [1.165, 1.54) is 12.1 Å². The fraction of sp³-hybridized carbons (Fsp3) is 0.391. The Morgan fingerprint density at radius 3 is 2.45 bits per heavy atom. The van der Waals surface area contributed by atoms with E-state index < -0.39 is 11.7 Å². The lowest BCUT2D eigenvalue weighted by Gasteiger charge is -2.29. The summed E-state index contributed by atoms with van der Waals surface area (Å²) in [6.07, 6.45) is -1.84. The van der Waals surface area contributed by atoms with Gasteiger partial charge in [-0.05, 0) is 36.4 Å². The molecule has 0 radical (unpaired) electrons. The van der Waals surface area contributed by atoms with E-state index in [1.54, 1.807) is 0 Å². The average molecular weight is 430 g/mol. The van der Waals surface area contributed by atoms with Crippen LogP contribution in [0.5, 0.6) is 0 Å². The van der Waals surface area contributed by atoms with Crippen molar-refractivity contribution in [1.29, 1.82) is 0 Å². The highest BCUT2D eigenvalue weighted by Gasteiger charge is 2.30. The summed E-state index contributed by atoms with van der Waals surface area (Å²) in [6.45, 7) is 7.87. The van der Waals surface area contributed by atoms with E-state index in [2.05, 4.69) is 9.88 Å². The highest BCUT2D eigenvalue weighted by molar-refractivity contribution is 5.38. The van der Waals surface area contributed by atoms with Crippen molar-refractivity contribution in [3.05, 3.63) is 81.3 Å². The van der Waals surface area contributed by atoms with Gasteiger partial charge in [0.2, 0.25) is 0 Å². The molecule has 1 aromatic carbocycles. The van der Waals surface area contributed by atoms with Crippen molar-refractivity contribution < 1.29 is 13.2 Å². The number of halogens is 3. The highest BCUT2D eigenvalue weighted by Crippen LogP contribution is 2.30. The van der Waals surface area contributed by atoms with E-state index >= 15 is 0 Å². The van der Waals surface area contributed by atoms with Gasteiger partial charge in [0.15, 0.2) is 0 Å². The van der Waals surface area contributed by atoms with Gasteiger partial charge < -0.3 is 9.55 Å². The van der Waals surface area contributed by atoms with Crippen LogP contribution in [0.15, 0.2) is 47.4 Å². The van der Waals surface area contributed by atoms with Crippen molar-refractivity contribution in [2.45, 2.75) is 51.9 Å². The Bertz CT molecular complexity index is 1140. The third-order valence-electron chi connectivity index (χ3n) is 5.55. The summed E-state index contributed by atoms with van der Waals surface area (Å²) < 4.78 is 40.4. The van der Waals surface area contributed by atoms with E-state index in [1.807, 2.05) is 43.7 Å². The Morgan fingerprint density at radius 1 is 1.10 bits per heavy atom. The lowest BCUT2D eigenvalue weighted by atomic mass is 9.95. The molecule has 0 saturated carbocycles. The van der Waals surface area contributed by atoms with Crippen LogP contribution in [0.2, 0.25) is 0 Å². The molecule has 164 valence electrons. The standard InChI is InChI=1S/C23H25F3N4O/c1-22(2,3)21-27-19-10-12-29(14-18(19)20(31)28-21)13-17-5-4-11-30(17)16-8-6-15(7-9-16)23(24,25)26/h4-9,11H,10,12-14H2,1-3H3,(H,27,28,31). The Hall–Kier alpha value is -2.87. The van der Waals surface area contributed by atoms with E-state index in [9.17, 15) is 18.0 Å². The molecule has 0 atom stereocenters. The quantitative estimate of drug-likeness (QED) is 0.669. The average Bonchev–Trinajstić information content (AvgIpc) is 3.15. The smallest absolute Gasteiger partial charge is 0.320 e. The predicted molar refractivity (Wildman–Crippen MR) is 112 cm³/mol. The van der Waals surface area contributed by atoms with Gasteiger partial charge >= 0.3 is 6.18 Å². The zero-order valence-corrected chi connectivity index (χ0v) is 17.8. The molecule has 0 unspecified atom stereocenters. The van der Waals surface area contributed by atoms with E-state index in [0.717, 1.165) is 30.1 Å². The second kappa shape index (κ2) is 7.67. The van der Waals surface area contributed by atoms with Gasteiger partial charge in [-0.3, -0.25) is 9.69 Å². The van der Waals surface area contributed by atoms with Crippen LogP contribution in [-0.2, 0) is 31.1 Å². The second-order valence-corrected chi connectivity index (χ2v) is 8.96. The van der Waals surface area contributed by atoms with Crippen molar-refractivity contribution in [2.75, 3.05) is 6.54 Å². The lowest BCUT2D eigenvalue weighted by molar-refractivity contribution is -0.137. The maximum absolute atomic E-state index is 12.8. The molecule has 1 N–H and O–H groups in total. The van der Waals surface area contributed by atoms with Crippen LogP contribution in [0, 0.1) is 0 Å². The molecule has 0 bridgehead atoms. The third kappa shape index (κ3) is 4.44. The van der Waals surface area contributed by atoms with E-state index in [-0.39, 0.29) is 11.0 Å². The van der Waals surface area contributed by atoms with Gasteiger partial charge in [0.05, 0.1) is 16.8 Å². The Morgan fingerprint density at radius 2 is 1.81 bits per heavy atom. The third-order valence-corrected chi connectivity index (χ3v) is 5.55. The van der Waals surface area contributed by atoms with Gasteiger partial charge in [0.1, 0.15) is 5.82 Å². The molecule has 8 heteroatoms. The summed E-state index contributed by atoms with van der Waals surface area (Å²) in [4.78, 5) is 22.4. The Kier molecular flexibility index (Phi) is 5.29. The van der Waals surface area contributed by atoms with Gasteiger partial charge in [0.25, 0.3) is 5.56 Å². The highest BCUT2D eigenvalue weighted by atomic mass is 19.4. The number of aromatic amines is 1. The summed E-state index contributed by atoms with van der Waals surface area (Å²) in [5.41, 5.74) is 2.15. The molecule has 4 rings (SSSR count). The molecule has 5 nitrogen and oxygen atoms in total. The lowest BCUT2D eigenvalue weighted by Crippen LogP contribution is -2.37. The molecule has 0 amide bonds. The van der Waals surface area contributed by atoms with Gasteiger partial charge in [-0.25, -0.2) is 4.98 Å². The van der Waals surface area contributed by atoms with Crippen LogP contribution >= 0.6 is 0 Å². The number of benzene rings is 1. The molecule has 3 aromatic rings. The number of hydrogen-bond acceptors (Lipinski definition) is 3. The van der Waals surface area contributed by atoms with Crippen LogP contribution in [0.25, 0.3) is 5.69 Å². The first-order valence-corrected chi connectivity index (χ1v) is 10.2. The zero-order valence-electron chi connectivity index (χ0n) is 17.8. The normalized spacial score (nSPS) is 15.2. The number of rotatable bonds is 3. The minimum absolute atomic E-state index is 0.0993. The van der Waals surface area contributed by atoms with Gasteiger partial charge in [-0.2, -0.15) is 13.2 Å². The maximum atomic E-state index is 12.8. The summed E-state index contributed by atoms with van der Waals surface area (Å²) in [6, 6.07) is 8.94. The summed E-state index contributed by atoms with van der Waals surface area (Å²) >= 11 is 0. The molecule has 31 heavy (non-hydrogen) atoms. The number of nitrogens with one attached hydrogen (secondary N) is 1. The molecule has 0 spiro atoms. The number of aromatic nitrogens is 3. The summed E-state index contributed by atoms with van der Waals surface area (Å²) in [7, 11) is 0. The second-order valence-electron chi connectivity index (χ2n) is 8.96. The zero-order chi connectivity index (χ0) is 22.4.